The molecule has 1 fully saturated rings. The number of halogens is 1. The van der Waals surface area contributed by atoms with E-state index in [0.29, 0.717) is 6.04 Å². The SMILES string of the molecule is CCNC(CC1CC1)c1ccc(OC)cc1Cl. The van der Waals surface area contributed by atoms with Crippen LogP contribution in [0.5, 0.6) is 5.75 Å². The average molecular weight is 254 g/mol. The first-order valence-electron chi connectivity index (χ1n) is 6.31. The summed E-state index contributed by atoms with van der Waals surface area (Å²) in [6.07, 6.45) is 3.94. The lowest BCUT2D eigenvalue weighted by Crippen LogP contribution is -2.21. The zero-order valence-corrected chi connectivity index (χ0v) is 11.3. The first-order valence-corrected chi connectivity index (χ1v) is 6.69. The van der Waals surface area contributed by atoms with E-state index in [2.05, 4.69) is 18.3 Å². The van der Waals surface area contributed by atoms with Gasteiger partial charge in [-0.3, -0.25) is 0 Å². The summed E-state index contributed by atoms with van der Waals surface area (Å²) in [6.45, 7) is 3.11. The topological polar surface area (TPSA) is 21.3 Å². The van der Waals surface area contributed by atoms with Crippen molar-refractivity contribution in [2.75, 3.05) is 13.7 Å². The minimum Gasteiger partial charge on any atom is -0.497 e. The molecule has 2 rings (SSSR count). The second-order valence-corrected chi connectivity index (χ2v) is 5.08. The highest BCUT2D eigenvalue weighted by Crippen LogP contribution is 2.39. The zero-order chi connectivity index (χ0) is 12.3. The summed E-state index contributed by atoms with van der Waals surface area (Å²) < 4.78 is 5.18. The first kappa shape index (κ1) is 12.7. The van der Waals surface area contributed by atoms with Gasteiger partial charge in [0.15, 0.2) is 0 Å². The van der Waals surface area contributed by atoms with Crippen molar-refractivity contribution >= 4 is 11.6 Å². The van der Waals surface area contributed by atoms with Crippen LogP contribution in [0.1, 0.15) is 37.8 Å². The summed E-state index contributed by atoms with van der Waals surface area (Å²) in [5, 5.41) is 4.33. The van der Waals surface area contributed by atoms with Crippen LogP contribution in [0.3, 0.4) is 0 Å². The van der Waals surface area contributed by atoms with E-state index in [0.717, 1.165) is 23.2 Å². The Morgan fingerprint density at radius 1 is 1.47 bits per heavy atom. The van der Waals surface area contributed by atoms with E-state index in [9.17, 15) is 0 Å². The highest BCUT2D eigenvalue weighted by atomic mass is 35.5. The maximum Gasteiger partial charge on any atom is 0.120 e. The van der Waals surface area contributed by atoms with Crippen LogP contribution in [0.25, 0.3) is 0 Å². The number of nitrogens with one attached hydrogen (secondary N) is 1. The highest BCUT2D eigenvalue weighted by Gasteiger charge is 2.26. The molecule has 0 saturated heterocycles. The molecule has 1 saturated carbocycles. The largest absolute Gasteiger partial charge is 0.497 e. The van der Waals surface area contributed by atoms with Gasteiger partial charge in [0.1, 0.15) is 5.75 Å². The summed E-state index contributed by atoms with van der Waals surface area (Å²) in [4.78, 5) is 0. The van der Waals surface area contributed by atoms with Crippen LogP contribution in [0.4, 0.5) is 0 Å². The minimum absolute atomic E-state index is 0.380. The molecule has 2 nitrogen and oxygen atoms in total. The Morgan fingerprint density at radius 2 is 2.24 bits per heavy atom. The van der Waals surface area contributed by atoms with Gasteiger partial charge in [0.25, 0.3) is 0 Å². The molecule has 0 aromatic heterocycles. The molecule has 0 aliphatic heterocycles. The van der Waals surface area contributed by atoms with Crippen LogP contribution in [-0.4, -0.2) is 13.7 Å². The van der Waals surface area contributed by atoms with Crippen molar-refractivity contribution in [3.05, 3.63) is 28.8 Å². The number of methoxy groups -OCH3 is 1. The predicted octanol–water partition coefficient (Wildman–Crippen LogP) is 3.80. The molecule has 1 aromatic carbocycles. The van der Waals surface area contributed by atoms with Crippen LogP contribution in [0, 0.1) is 5.92 Å². The molecule has 1 atom stereocenters. The second kappa shape index (κ2) is 5.74. The van der Waals surface area contributed by atoms with Gasteiger partial charge in [0, 0.05) is 11.1 Å². The van der Waals surface area contributed by atoms with Crippen molar-refractivity contribution in [1.29, 1.82) is 0 Å². The smallest absolute Gasteiger partial charge is 0.120 e. The van der Waals surface area contributed by atoms with E-state index in [-0.39, 0.29) is 0 Å². The van der Waals surface area contributed by atoms with Crippen molar-refractivity contribution < 1.29 is 4.74 Å². The van der Waals surface area contributed by atoms with Crippen molar-refractivity contribution in [2.45, 2.75) is 32.2 Å². The van der Waals surface area contributed by atoms with Crippen LogP contribution < -0.4 is 10.1 Å². The molecule has 0 radical (unpaired) electrons. The number of hydrogen-bond acceptors (Lipinski definition) is 2. The predicted molar refractivity (Wildman–Crippen MR) is 71.8 cm³/mol. The Hall–Kier alpha value is -0.730. The third-order valence-corrected chi connectivity index (χ3v) is 3.63. The summed E-state index contributed by atoms with van der Waals surface area (Å²) in [7, 11) is 1.66. The number of ether oxygens (including phenoxy) is 1. The Morgan fingerprint density at radius 3 is 2.76 bits per heavy atom. The molecule has 0 bridgehead atoms. The summed E-state index contributed by atoms with van der Waals surface area (Å²) in [5.41, 5.74) is 1.20. The van der Waals surface area contributed by atoms with Crippen molar-refractivity contribution in [3.63, 3.8) is 0 Å². The fraction of sp³-hybridized carbons (Fsp3) is 0.571. The van der Waals surface area contributed by atoms with Gasteiger partial charge in [-0.15, -0.1) is 0 Å². The third kappa shape index (κ3) is 3.36. The van der Waals surface area contributed by atoms with Crippen molar-refractivity contribution in [1.82, 2.24) is 5.32 Å². The molecule has 94 valence electrons. The van der Waals surface area contributed by atoms with Gasteiger partial charge in [0.2, 0.25) is 0 Å². The molecule has 17 heavy (non-hydrogen) atoms. The molecule has 1 aliphatic rings. The molecule has 1 N–H and O–H groups in total. The zero-order valence-electron chi connectivity index (χ0n) is 10.5. The Labute approximate surface area is 108 Å². The monoisotopic (exact) mass is 253 g/mol. The van der Waals surface area contributed by atoms with E-state index in [4.69, 9.17) is 16.3 Å². The maximum absolute atomic E-state index is 6.32. The second-order valence-electron chi connectivity index (χ2n) is 4.68. The third-order valence-electron chi connectivity index (χ3n) is 3.30. The van der Waals surface area contributed by atoms with Gasteiger partial charge >= 0.3 is 0 Å². The Bertz CT molecular complexity index is 376. The lowest BCUT2D eigenvalue weighted by molar-refractivity contribution is 0.414. The van der Waals surface area contributed by atoms with Crippen LogP contribution >= 0.6 is 11.6 Å². The lowest BCUT2D eigenvalue weighted by atomic mass is 10.0. The maximum atomic E-state index is 6.32. The summed E-state index contributed by atoms with van der Waals surface area (Å²) >= 11 is 6.32. The summed E-state index contributed by atoms with van der Waals surface area (Å²) in [6, 6.07) is 6.34. The molecule has 0 heterocycles. The van der Waals surface area contributed by atoms with Crippen LogP contribution in [0.15, 0.2) is 18.2 Å². The minimum atomic E-state index is 0.380. The first-order chi connectivity index (χ1) is 8.24. The van der Waals surface area contributed by atoms with Crippen molar-refractivity contribution in [3.8, 4) is 5.75 Å². The molecule has 0 amide bonds. The van der Waals surface area contributed by atoms with Gasteiger partial charge in [-0.2, -0.15) is 0 Å². The lowest BCUT2D eigenvalue weighted by Gasteiger charge is -2.19. The average Bonchev–Trinajstić information content (AvgIpc) is 3.12. The fourth-order valence-corrected chi connectivity index (χ4v) is 2.47. The standard InChI is InChI=1S/C14H20ClNO/c1-3-16-14(8-10-4-5-10)12-7-6-11(17-2)9-13(12)15/h6-7,9-10,14,16H,3-5,8H2,1-2H3. The molecule has 1 aliphatic carbocycles. The normalized spacial score (nSPS) is 16.9. The summed E-state index contributed by atoms with van der Waals surface area (Å²) in [5.74, 6) is 1.71. The van der Waals surface area contributed by atoms with Gasteiger partial charge in [-0.1, -0.05) is 37.4 Å². The van der Waals surface area contributed by atoms with Crippen LogP contribution in [-0.2, 0) is 0 Å². The van der Waals surface area contributed by atoms with E-state index >= 15 is 0 Å². The van der Waals surface area contributed by atoms with Gasteiger partial charge in [-0.05, 0) is 36.6 Å². The molecule has 3 heteroatoms. The Balaban J connectivity index is 2.15. The van der Waals surface area contributed by atoms with Gasteiger partial charge < -0.3 is 10.1 Å². The quantitative estimate of drug-likeness (QED) is 0.833. The molecular weight excluding hydrogens is 234 g/mol. The highest BCUT2D eigenvalue weighted by molar-refractivity contribution is 6.31. The number of hydrogen-bond donors (Lipinski definition) is 1. The van der Waals surface area contributed by atoms with E-state index in [1.54, 1.807) is 7.11 Å². The number of rotatable bonds is 6. The molecule has 0 spiro atoms. The van der Waals surface area contributed by atoms with E-state index in [1.165, 1.54) is 24.8 Å². The van der Waals surface area contributed by atoms with Crippen molar-refractivity contribution in [2.24, 2.45) is 5.92 Å². The van der Waals surface area contributed by atoms with Gasteiger partial charge in [-0.25, -0.2) is 0 Å². The molecular formula is C14H20ClNO. The molecule has 1 aromatic rings. The van der Waals surface area contributed by atoms with Gasteiger partial charge in [0.05, 0.1) is 7.11 Å². The van der Waals surface area contributed by atoms with E-state index < -0.39 is 0 Å². The van der Waals surface area contributed by atoms with Crippen LogP contribution in [0.2, 0.25) is 5.02 Å². The molecule has 1 unspecified atom stereocenters. The Kier molecular flexibility index (Phi) is 4.30. The number of benzene rings is 1. The fourth-order valence-electron chi connectivity index (χ4n) is 2.17. The van der Waals surface area contributed by atoms with E-state index in [1.807, 2.05) is 12.1 Å².